The van der Waals surface area contributed by atoms with Crippen molar-refractivity contribution in [1.29, 1.82) is 0 Å². The zero-order valence-corrected chi connectivity index (χ0v) is 10.4. The lowest BCUT2D eigenvalue weighted by atomic mass is 10.1. The van der Waals surface area contributed by atoms with E-state index in [2.05, 4.69) is 5.32 Å². The molecule has 0 heterocycles. The second-order valence-corrected chi connectivity index (χ2v) is 4.14. The van der Waals surface area contributed by atoms with Crippen LogP contribution in [-0.2, 0) is 16.0 Å². The Bertz CT molecular complexity index is 353. The zero-order chi connectivity index (χ0) is 12.7. The van der Waals surface area contributed by atoms with E-state index in [1.807, 2.05) is 0 Å². The number of carbonyl (C=O) groups excluding carboxylic acids is 1. The molecule has 5 heteroatoms. The fourth-order valence-electron chi connectivity index (χ4n) is 1.41. The first-order valence-corrected chi connectivity index (χ1v) is 5.67. The maximum atomic E-state index is 11.6. The van der Waals surface area contributed by atoms with Crippen molar-refractivity contribution in [2.45, 2.75) is 12.5 Å². The van der Waals surface area contributed by atoms with E-state index >= 15 is 0 Å². The average Bonchev–Trinajstić information content (AvgIpc) is 2.31. The second kappa shape index (κ2) is 7.27. The highest BCUT2D eigenvalue weighted by atomic mass is 35.5. The van der Waals surface area contributed by atoms with Crippen LogP contribution in [0.3, 0.4) is 0 Å². The van der Waals surface area contributed by atoms with E-state index in [0.29, 0.717) is 11.6 Å². The summed E-state index contributed by atoms with van der Waals surface area (Å²) in [5, 5.41) is 12.3. The molecular formula is C12H16ClNO3. The molecule has 2 N–H and O–H groups in total. The number of aliphatic hydroxyl groups is 1. The molecule has 0 aliphatic heterocycles. The third kappa shape index (κ3) is 5.17. The van der Waals surface area contributed by atoms with Gasteiger partial charge in [-0.1, -0.05) is 23.7 Å². The molecule has 0 saturated carbocycles. The zero-order valence-electron chi connectivity index (χ0n) is 9.65. The van der Waals surface area contributed by atoms with Crippen LogP contribution in [0.1, 0.15) is 5.56 Å². The van der Waals surface area contributed by atoms with Gasteiger partial charge >= 0.3 is 0 Å². The molecule has 0 radical (unpaired) electrons. The molecule has 0 aliphatic carbocycles. The fraction of sp³-hybridized carbons (Fsp3) is 0.417. The molecule has 1 unspecified atom stereocenters. The minimum atomic E-state index is -0.361. The van der Waals surface area contributed by atoms with Crippen LogP contribution in [0.5, 0.6) is 0 Å². The van der Waals surface area contributed by atoms with Crippen LogP contribution in [0.2, 0.25) is 5.02 Å². The number of carbonyl (C=O) groups is 1. The lowest BCUT2D eigenvalue weighted by Crippen LogP contribution is -2.41. The first-order chi connectivity index (χ1) is 8.15. The first-order valence-electron chi connectivity index (χ1n) is 5.29. The molecule has 0 fully saturated rings. The quantitative estimate of drug-likeness (QED) is 0.800. The van der Waals surface area contributed by atoms with Gasteiger partial charge < -0.3 is 15.2 Å². The van der Waals surface area contributed by atoms with E-state index in [4.69, 9.17) is 21.4 Å². The van der Waals surface area contributed by atoms with Gasteiger partial charge in [-0.2, -0.15) is 0 Å². The minimum absolute atomic E-state index is 0.139. The van der Waals surface area contributed by atoms with E-state index in [1.165, 1.54) is 7.11 Å². The number of aliphatic hydroxyl groups excluding tert-OH is 1. The van der Waals surface area contributed by atoms with Crippen molar-refractivity contribution in [3.8, 4) is 0 Å². The molecule has 0 saturated heterocycles. The molecule has 0 spiro atoms. The van der Waals surface area contributed by atoms with Gasteiger partial charge in [0.05, 0.1) is 25.7 Å². The molecule has 0 aromatic heterocycles. The smallest absolute Gasteiger partial charge is 0.224 e. The Hall–Kier alpha value is -1.10. The first kappa shape index (κ1) is 14.0. The summed E-state index contributed by atoms with van der Waals surface area (Å²) in [5.41, 5.74) is 0.876. The summed E-state index contributed by atoms with van der Waals surface area (Å²) >= 11 is 5.75. The summed E-state index contributed by atoms with van der Waals surface area (Å²) in [6.45, 7) is 0.156. The summed E-state index contributed by atoms with van der Waals surface area (Å²) in [5.74, 6) is -0.150. The Morgan fingerprint density at radius 3 is 2.65 bits per heavy atom. The van der Waals surface area contributed by atoms with E-state index in [9.17, 15) is 4.79 Å². The predicted octanol–water partition coefficient (Wildman–Crippen LogP) is 1.01. The average molecular weight is 258 g/mol. The van der Waals surface area contributed by atoms with Gasteiger partial charge in [-0.15, -0.1) is 0 Å². The maximum absolute atomic E-state index is 11.6. The minimum Gasteiger partial charge on any atom is -0.394 e. The number of hydrogen-bond acceptors (Lipinski definition) is 3. The maximum Gasteiger partial charge on any atom is 0.224 e. The molecule has 1 aromatic carbocycles. The Balaban J connectivity index is 2.46. The number of nitrogens with one attached hydrogen (secondary N) is 1. The van der Waals surface area contributed by atoms with Crippen LogP contribution in [0.25, 0.3) is 0 Å². The van der Waals surface area contributed by atoms with E-state index < -0.39 is 0 Å². The molecule has 0 bridgehead atoms. The largest absolute Gasteiger partial charge is 0.394 e. The highest BCUT2D eigenvalue weighted by molar-refractivity contribution is 6.30. The van der Waals surface area contributed by atoms with Crippen molar-refractivity contribution in [2.75, 3.05) is 20.3 Å². The number of benzene rings is 1. The summed E-state index contributed by atoms with van der Waals surface area (Å²) in [6, 6.07) is 6.71. The van der Waals surface area contributed by atoms with E-state index in [-0.39, 0.29) is 25.0 Å². The van der Waals surface area contributed by atoms with Crippen molar-refractivity contribution in [3.63, 3.8) is 0 Å². The van der Waals surface area contributed by atoms with Gasteiger partial charge in [0, 0.05) is 12.1 Å². The number of hydrogen-bond donors (Lipinski definition) is 2. The van der Waals surface area contributed by atoms with Crippen molar-refractivity contribution >= 4 is 17.5 Å². The van der Waals surface area contributed by atoms with Crippen LogP contribution in [0.15, 0.2) is 24.3 Å². The molecule has 4 nitrogen and oxygen atoms in total. The number of ether oxygens (including phenoxy) is 1. The number of halogens is 1. The third-order valence-corrected chi connectivity index (χ3v) is 2.48. The van der Waals surface area contributed by atoms with Crippen LogP contribution >= 0.6 is 11.6 Å². The lowest BCUT2D eigenvalue weighted by Gasteiger charge is -2.15. The van der Waals surface area contributed by atoms with Crippen LogP contribution in [-0.4, -0.2) is 37.4 Å². The Labute approximate surface area is 106 Å². The van der Waals surface area contributed by atoms with Gasteiger partial charge in [-0.3, -0.25) is 4.79 Å². The van der Waals surface area contributed by atoms with Crippen LogP contribution in [0.4, 0.5) is 0 Å². The SMILES string of the molecule is COCC(CO)NC(=O)Cc1ccc(Cl)cc1. The van der Waals surface area contributed by atoms with E-state index in [0.717, 1.165) is 5.56 Å². The summed E-state index contributed by atoms with van der Waals surface area (Å²) in [4.78, 5) is 11.6. The molecule has 17 heavy (non-hydrogen) atoms. The predicted molar refractivity (Wildman–Crippen MR) is 66.0 cm³/mol. The van der Waals surface area contributed by atoms with Crippen molar-refractivity contribution in [2.24, 2.45) is 0 Å². The van der Waals surface area contributed by atoms with Gasteiger partial charge in [0.2, 0.25) is 5.91 Å². The Morgan fingerprint density at radius 2 is 2.12 bits per heavy atom. The monoisotopic (exact) mass is 257 g/mol. The van der Waals surface area contributed by atoms with Crippen molar-refractivity contribution in [3.05, 3.63) is 34.9 Å². The van der Waals surface area contributed by atoms with Crippen molar-refractivity contribution < 1.29 is 14.6 Å². The van der Waals surface area contributed by atoms with Gasteiger partial charge in [0.1, 0.15) is 0 Å². The van der Waals surface area contributed by atoms with Gasteiger partial charge in [-0.05, 0) is 17.7 Å². The van der Waals surface area contributed by atoms with Gasteiger partial charge in [-0.25, -0.2) is 0 Å². The Kier molecular flexibility index (Phi) is 5.97. The standard InChI is InChI=1S/C12H16ClNO3/c1-17-8-11(7-15)14-12(16)6-9-2-4-10(13)5-3-9/h2-5,11,15H,6-8H2,1H3,(H,14,16). The van der Waals surface area contributed by atoms with Gasteiger partial charge in [0.15, 0.2) is 0 Å². The molecule has 1 amide bonds. The lowest BCUT2D eigenvalue weighted by molar-refractivity contribution is -0.121. The molecule has 94 valence electrons. The summed E-state index contributed by atoms with van der Waals surface area (Å²) < 4.78 is 4.87. The highest BCUT2D eigenvalue weighted by Crippen LogP contribution is 2.09. The van der Waals surface area contributed by atoms with Crippen molar-refractivity contribution in [1.82, 2.24) is 5.32 Å². The summed E-state index contributed by atoms with van der Waals surface area (Å²) in [6.07, 6.45) is 0.261. The third-order valence-electron chi connectivity index (χ3n) is 2.23. The molecule has 1 atom stereocenters. The molecule has 0 aliphatic rings. The van der Waals surface area contributed by atoms with Crippen LogP contribution < -0.4 is 5.32 Å². The number of rotatable bonds is 6. The molecule has 1 aromatic rings. The second-order valence-electron chi connectivity index (χ2n) is 3.71. The molecular weight excluding hydrogens is 242 g/mol. The normalized spacial score (nSPS) is 12.2. The Morgan fingerprint density at radius 1 is 1.47 bits per heavy atom. The highest BCUT2D eigenvalue weighted by Gasteiger charge is 2.11. The van der Waals surface area contributed by atoms with Crippen LogP contribution in [0, 0.1) is 0 Å². The summed E-state index contributed by atoms with van der Waals surface area (Å²) in [7, 11) is 1.52. The number of amides is 1. The topological polar surface area (TPSA) is 58.6 Å². The fourth-order valence-corrected chi connectivity index (χ4v) is 1.53. The van der Waals surface area contributed by atoms with Gasteiger partial charge in [0.25, 0.3) is 0 Å². The number of methoxy groups -OCH3 is 1. The van der Waals surface area contributed by atoms with E-state index in [1.54, 1.807) is 24.3 Å². The molecule has 1 rings (SSSR count).